The lowest BCUT2D eigenvalue weighted by atomic mass is 9.90. The van der Waals surface area contributed by atoms with E-state index in [9.17, 15) is 4.79 Å². The first-order chi connectivity index (χ1) is 13.5. The van der Waals surface area contributed by atoms with Crippen molar-refractivity contribution in [2.45, 2.75) is 33.1 Å². The molecule has 1 N–H and O–H groups in total. The van der Waals surface area contributed by atoms with Gasteiger partial charge in [-0.3, -0.25) is 0 Å². The van der Waals surface area contributed by atoms with Crippen molar-refractivity contribution in [3.05, 3.63) is 35.5 Å². The predicted octanol–water partition coefficient (Wildman–Crippen LogP) is 3.44. The van der Waals surface area contributed by atoms with Crippen LogP contribution < -0.4 is 5.32 Å². The fourth-order valence-electron chi connectivity index (χ4n) is 4.34. The first-order valence-corrected chi connectivity index (χ1v) is 9.81. The quantitative estimate of drug-likeness (QED) is 0.754. The van der Waals surface area contributed by atoms with E-state index < -0.39 is 0 Å². The van der Waals surface area contributed by atoms with Crippen LogP contribution in [0.15, 0.2) is 23.0 Å². The molecule has 148 valence electrons. The Morgan fingerprint density at radius 3 is 2.71 bits per heavy atom. The molecule has 1 aliphatic rings. The van der Waals surface area contributed by atoms with Gasteiger partial charge in [-0.05, 0) is 50.7 Å². The Kier molecular flexibility index (Phi) is 4.83. The van der Waals surface area contributed by atoms with Gasteiger partial charge < -0.3 is 19.3 Å². The normalized spacial score (nSPS) is 15.4. The smallest absolute Gasteiger partial charge is 0.317 e. The Hall–Kier alpha value is -2.83. The summed E-state index contributed by atoms with van der Waals surface area (Å²) in [5.74, 6) is 1.40. The highest BCUT2D eigenvalue weighted by atomic mass is 16.5. The Morgan fingerprint density at radius 1 is 1.32 bits per heavy atom. The number of urea groups is 1. The van der Waals surface area contributed by atoms with Gasteiger partial charge in [0.2, 0.25) is 0 Å². The number of rotatable bonds is 3. The van der Waals surface area contributed by atoms with Crippen LogP contribution in [0, 0.1) is 19.8 Å². The first-order valence-electron chi connectivity index (χ1n) is 9.81. The maximum atomic E-state index is 11.8. The van der Waals surface area contributed by atoms with Crippen molar-refractivity contribution in [3.8, 4) is 11.1 Å². The minimum atomic E-state index is 0.0249. The summed E-state index contributed by atoms with van der Waals surface area (Å²) < 4.78 is 7.44. The monoisotopic (exact) mass is 381 g/mol. The third-order valence-electron chi connectivity index (χ3n) is 5.84. The van der Waals surface area contributed by atoms with E-state index in [2.05, 4.69) is 27.3 Å². The summed E-state index contributed by atoms with van der Waals surface area (Å²) in [7, 11) is 3.73. The van der Waals surface area contributed by atoms with Crippen molar-refractivity contribution in [1.29, 1.82) is 0 Å². The molecule has 0 aromatic carbocycles. The number of nitrogens with zero attached hydrogens (tertiary/aromatic N) is 4. The molecule has 1 aliphatic heterocycles. The molecule has 7 nitrogen and oxygen atoms in total. The minimum Gasteiger partial charge on any atom is -0.361 e. The van der Waals surface area contributed by atoms with Gasteiger partial charge in [-0.1, -0.05) is 5.16 Å². The number of piperidine rings is 1. The lowest BCUT2D eigenvalue weighted by molar-refractivity contribution is 0.172. The van der Waals surface area contributed by atoms with Gasteiger partial charge in [0.1, 0.15) is 11.4 Å². The van der Waals surface area contributed by atoms with Crippen LogP contribution in [0.4, 0.5) is 4.79 Å². The molecule has 0 saturated carbocycles. The largest absolute Gasteiger partial charge is 0.361 e. The van der Waals surface area contributed by atoms with Gasteiger partial charge in [0.05, 0.1) is 5.69 Å². The number of hydrogen-bond donors (Lipinski definition) is 1. The van der Waals surface area contributed by atoms with Crippen LogP contribution in [0.5, 0.6) is 0 Å². The summed E-state index contributed by atoms with van der Waals surface area (Å²) >= 11 is 0. The third kappa shape index (κ3) is 3.25. The second-order valence-corrected chi connectivity index (χ2v) is 7.75. The fourth-order valence-corrected chi connectivity index (χ4v) is 4.34. The number of amides is 2. The van der Waals surface area contributed by atoms with E-state index in [1.165, 1.54) is 10.9 Å². The Bertz CT molecular complexity index is 992. The van der Waals surface area contributed by atoms with Crippen LogP contribution in [-0.2, 0) is 13.5 Å². The van der Waals surface area contributed by atoms with E-state index in [-0.39, 0.29) is 6.03 Å². The molecule has 4 heterocycles. The van der Waals surface area contributed by atoms with Gasteiger partial charge in [-0.2, -0.15) is 0 Å². The zero-order chi connectivity index (χ0) is 19.8. The molecular weight excluding hydrogens is 354 g/mol. The summed E-state index contributed by atoms with van der Waals surface area (Å²) in [6, 6.07) is 2.24. The highest BCUT2D eigenvalue weighted by molar-refractivity contribution is 5.86. The molecule has 1 fully saturated rings. The number of pyridine rings is 1. The summed E-state index contributed by atoms with van der Waals surface area (Å²) in [6.07, 6.45) is 7.16. The maximum absolute atomic E-state index is 11.8. The Morgan fingerprint density at radius 2 is 2.07 bits per heavy atom. The number of nitrogens with one attached hydrogen (secondary N) is 1. The number of carbonyl (C=O) groups excluding carboxylic acids is 1. The topological polar surface area (TPSA) is 76.2 Å². The first kappa shape index (κ1) is 18.5. The molecule has 3 aromatic rings. The molecule has 0 bridgehead atoms. The highest BCUT2D eigenvalue weighted by Gasteiger charge is 2.24. The SMILES string of the molecule is CNC(=O)N1CCC(Cc2cn(C)c3ncc(-c4c(C)noc4C)cc23)CC1. The average molecular weight is 381 g/mol. The van der Waals surface area contributed by atoms with Crippen molar-refractivity contribution >= 4 is 17.1 Å². The minimum absolute atomic E-state index is 0.0249. The van der Waals surface area contributed by atoms with E-state index >= 15 is 0 Å². The fraction of sp³-hybridized carbons (Fsp3) is 0.476. The molecule has 0 aliphatic carbocycles. The van der Waals surface area contributed by atoms with Crippen molar-refractivity contribution in [2.24, 2.45) is 13.0 Å². The van der Waals surface area contributed by atoms with E-state index in [4.69, 9.17) is 9.51 Å². The summed E-state index contributed by atoms with van der Waals surface area (Å²) in [4.78, 5) is 18.4. The van der Waals surface area contributed by atoms with E-state index in [1.54, 1.807) is 7.05 Å². The van der Waals surface area contributed by atoms with Gasteiger partial charge in [0.25, 0.3) is 0 Å². The van der Waals surface area contributed by atoms with E-state index in [0.717, 1.165) is 60.6 Å². The Balaban J connectivity index is 1.60. The van der Waals surface area contributed by atoms with Crippen molar-refractivity contribution in [1.82, 2.24) is 24.9 Å². The molecule has 28 heavy (non-hydrogen) atoms. The van der Waals surface area contributed by atoms with Gasteiger partial charge in [-0.25, -0.2) is 9.78 Å². The van der Waals surface area contributed by atoms with Gasteiger partial charge in [0, 0.05) is 56.1 Å². The van der Waals surface area contributed by atoms with Crippen LogP contribution >= 0.6 is 0 Å². The molecule has 0 spiro atoms. The van der Waals surface area contributed by atoms with Gasteiger partial charge in [-0.15, -0.1) is 0 Å². The molecule has 3 aromatic heterocycles. The number of aromatic nitrogens is 3. The number of likely N-dealkylation sites (tertiary alicyclic amines) is 1. The summed E-state index contributed by atoms with van der Waals surface area (Å²) in [5.41, 5.74) is 5.27. The van der Waals surface area contributed by atoms with Crippen LogP contribution in [-0.4, -0.2) is 45.8 Å². The van der Waals surface area contributed by atoms with Gasteiger partial charge >= 0.3 is 6.03 Å². The standard InChI is InChI=1S/C21H27N5O2/c1-13-19(14(2)28-24-13)16-10-18-17(12-25(4)20(18)23-11-16)9-15-5-7-26(8-6-15)21(27)22-3/h10-12,15H,5-9H2,1-4H3,(H,22,27). The zero-order valence-corrected chi connectivity index (χ0v) is 17.0. The Labute approximate surface area is 164 Å². The lowest BCUT2D eigenvalue weighted by Crippen LogP contribution is -2.43. The molecule has 4 rings (SSSR count). The molecule has 0 atom stereocenters. The molecule has 0 unspecified atom stereocenters. The zero-order valence-electron chi connectivity index (χ0n) is 17.0. The molecule has 2 amide bonds. The van der Waals surface area contributed by atoms with Crippen molar-refractivity contribution in [3.63, 3.8) is 0 Å². The molecule has 0 radical (unpaired) electrons. The number of hydrogen-bond acceptors (Lipinski definition) is 4. The van der Waals surface area contributed by atoms with E-state index in [0.29, 0.717) is 5.92 Å². The van der Waals surface area contributed by atoms with Gasteiger partial charge in [0.15, 0.2) is 0 Å². The molecule has 1 saturated heterocycles. The van der Waals surface area contributed by atoms with Crippen molar-refractivity contribution < 1.29 is 9.32 Å². The lowest BCUT2D eigenvalue weighted by Gasteiger charge is -2.31. The second-order valence-electron chi connectivity index (χ2n) is 7.75. The molecular formula is C21H27N5O2. The van der Waals surface area contributed by atoms with Crippen LogP contribution in [0.1, 0.15) is 29.9 Å². The average Bonchev–Trinajstić information content (AvgIpc) is 3.20. The number of aryl methyl sites for hydroxylation is 3. The van der Waals surface area contributed by atoms with E-state index in [1.807, 2.05) is 32.0 Å². The maximum Gasteiger partial charge on any atom is 0.317 e. The predicted molar refractivity (Wildman–Crippen MR) is 108 cm³/mol. The summed E-state index contributed by atoms with van der Waals surface area (Å²) in [5, 5.41) is 7.98. The number of fused-ring (bicyclic) bond motifs is 1. The van der Waals surface area contributed by atoms with Crippen LogP contribution in [0.3, 0.4) is 0 Å². The molecule has 7 heteroatoms. The van der Waals surface area contributed by atoms with Crippen molar-refractivity contribution in [2.75, 3.05) is 20.1 Å². The second kappa shape index (κ2) is 7.30. The highest BCUT2D eigenvalue weighted by Crippen LogP contribution is 2.32. The number of carbonyl (C=O) groups is 1. The summed E-state index contributed by atoms with van der Waals surface area (Å²) in [6.45, 7) is 5.53. The van der Waals surface area contributed by atoms with Crippen LogP contribution in [0.25, 0.3) is 22.2 Å². The van der Waals surface area contributed by atoms with Crippen LogP contribution in [0.2, 0.25) is 0 Å². The third-order valence-corrected chi connectivity index (χ3v) is 5.84.